The van der Waals surface area contributed by atoms with Crippen LogP contribution in [0.15, 0.2) is 29.3 Å². The standard InChI is InChI=1S/C15H22FN3O.HI/c1-15(20,12-5-7-13(16)8-6-12)10-19-14(17)18-9-11-3-2-4-11;/h5-8,11,20H,2-4,9-10H2,1H3,(H3,17,18,19);1H. The monoisotopic (exact) mass is 407 g/mol. The molecule has 1 aliphatic carbocycles. The lowest BCUT2D eigenvalue weighted by Crippen LogP contribution is -2.38. The number of halogens is 2. The van der Waals surface area contributed by atoms with Gasteiger partial charge in [0.25, 0.3) is 0 Å². The van der Waals surface area contributed by atoms with Crippen LogP contribution in [0.25, 0.3) is 0 Å². The van der Waals surface area contributed by atoms with Gasteiger partial charge in [-0.3, -0.25) is 4.99 Å². The van der Waals surface area contributed by atoms with Crippen LogP contribution in [0, 0.1) is 11.7 Å². The van der Waals surface area contributed by atoms with Crippen molar-refractivity contribution in [3.63, 3.8) is 0 Å². The number of guanidine groups is 1. The summed E-state index contributed by atoms with van der Waals surface area (Å²) in [7, 11) is 0. The molecule has 4 N–H and O–H groups in total. The Labute approximate surface area is 142 Å². The number of nitrogens with zero attached hydrogens (tertiary/aromatic N) is 1. The summed E-state index contributed by atoms with van der Waals surface area (Å²) in [6.45, 7) is 2.62. The van der Waals surface area contributed by atoms with Crippen LogP contribution in [0.1, 0.15) is 31.7 Å². The maximum atomic E-state index is 12.9. The number of hydrogen-bond acceptors (Lipinski definition) is 2. The third-order valence-electron chi connectivity index (χ3n) is 3.82. The first-order valence-electron chi connectivity index (χ1n) is 6.99. The van der Waals surface area contributed by atoms with Gasteiger partial charge >= 0.3 is 0 Å². The largest absolute Gasteiger partial charge is 0.384 e. The number of aliphatic hydroxyl groups is 1. The van der Waals surface area contributed by atoms with Crippen LogP contribution in [0.4, 0.5) is 4.39 Å². The second-order valence-corrected chi connectivity index (χ2v) is 5.66. The van der Waals surface area contributed by atoms with Gasteiger partial charge in [0.2, 0.25) is 0 Å². The Morgan fingerprint density at radius 1 is 1.43 bits per heavy atom. The summed E-state index contributed by atoms with van der Waals surface area (Å²) in [5.74, 6) is 0.718. The van der Waals surface area contributed by atoms with Crippen molar-refractivity contribution in [2.75, 3.05) is 13.1 Å². The lowest BCUT2D eigenvalue weighted by Gasteiger charge is -2.26. The molecule has 118 valence electrons. The zero-order chi connectivity index (χ0) is 14.6. The second-order valence-electron chi connectivity index (χ2n) is 5.66. The minimum Gasteiger partial charge on any atom is -0.384 e. The van der Waals surface area contributed by atoms with Crippen molar-refractivity contribution >= 4 is 29.9 Å². The van der Waals surface area contributed by atoms with Gasteiger partial charge < -0.3 is 16.2 Å². The van der Waals surface area contributed by atoms with Crippen LogP contribution in [0.5, 0.6) is 0 Å². The van der Waals surface area contributed by atoms with Crippen molar-refractivity contribution in [2.24, 2.45) is 16.6 Å². The number of nitrogens with two attached hydrogens (primary N) is 1. The van der Waals surface area contributed by atoms with E-state index in [1.165, 1.54) is 31.4 Å². The molecule has 1 aromatic rings. The quantitative estimate of drug-likeness (QED) is 0.399. The van der Waals surface area contributed by atoms with Crippen molar-refractivity contribution in [1.82, 2.24) is 5.32 Å². The average molecular weight is 407 g/mol. The fourth-order valence-electron chi connectivity index (χ4n) is 2.14. The number of rotatable bonds is 5. The summed E-state index contributed by atoms with van der Waals surface area (Å²) in [4.78, 5) is 4.16. The molecule has 0 bridgehead atoms. The van der Waals surface area contributed by atoms with Gasteiger partial charge in [-0.25, -0.2) is 4.39 Å². The van der Waals surface area contributed by atoms with E-state index in [1.54, 1.807) is 19.1 Å². The Morgan fingerprint density at radius 3 is 2.57 bits per heavy atom. The Balaban J connectivity index is 0.00000220. The van der Waals surface area contributed by atoms with E-state index < -0.39 is 5.60 Å². The fraction of sp³-hybridized carbons (Fsp3) is 0.533. The third-order valence-corrected chi connectivity index (χ3v) is 3.82. The van der Waals surface area contributed by atoms with Gasteiger partial charge in [0.15, 0.2) is 5.96 Å². The number of benzene rings is 1. The van der Waals surface area contributed by atoms with E-state index in [2.05, 4.69) is 10.3 Å². The summed E-state index contributed by atoms with van der Waals surface area (Å²) in [5.41, 5.74) is 5.24. The Morgan fingerprint density at radius 2 is 2.05 bits per heavy atom. The van der Waals surface area contributed by atoms with Gasteiger partial charge in [-0.15, -0.1) is 24.0 Å². The Kier molecular flexibility index (Phi) is 6.86. The second kappa shape index (κ2) is 7.93. The fourth-order valence-corrected chi connectivity index (χ4v) is 2.14. The number of nitrogens with one attached hydrogen (secondary N) is 1. The Hall–Kier alpha value is -0.890. The van der Waals surface area contributed by atoms with E-state index in [0.717, 1.165) is 6.54 Å². The first-order chi connectivity index (χ1) is 9.47. The molecule has 1 atom stereocenters. The van der Waals surface area contributed by atoms with Gasteiger partial charge in [0.1, 0.15) is 11.4 Å². The molecule has 1 unspecified atom stereocenters. The summed E-state index contributed by atoms with van der Waals surface area (Å²) >= 11 is 0. The predicted molar refractivity (Wildman–Crippen MR) is 93.2 cm³/mol. The zero-order valence-corrected chi connectivity index (χ0v) is 14.5. The van der Waals surface area contributed by atoms with E-state index >= 15 is 0 Å². The highest BCUT2D eigenvalue weighted by molar-refractivity contribution is 14.0. The van der Waals surface area contributed by atoms with Gasteiger partial charge in [-0.1, -0.05) is 18.6 Å². The summed E-state index contributed by atoms with van der Waals surface area (Å²) < 4.78 is 12.9. The van der Waals surface area contributed by atoms with Gasteiger partial charge in [0, 0.05) is 6.54 Å². The van der Waals surface area contributed by atoms with Gasteiger partial charge in [0.05, 0.1) is 6.54 Å². The normalized spacial score (nSPS) is 18.3. The first kappa shape index (κ1) is 18.2. The summed E-state index contributed by atoms with van der Waals surface area (Å²) in [5, 5.41) is 13.4. The van der Waals surface area contributed by atoms with Crippen LogP contribution in [-0.2, 0) is 5.60 Å². The summed E-state index contributed by atoms with van der Waals surface area (Å²) in [6, 6.07) is 5.77. The molecule has 0 saturated heterocycles. The van der Waals surface area contributed by atoms with Crippen LogP contribution in [-0.4, -0.2) is 24.2 Å². The Bertz CT molecular complexity index is 472. The molecule has 0 heterocycles. The highest BCUT2D eigenvalue weighted by atomic mass is 127. The smallest absolute Gasteiger partial charge is 0.188 e. The molecule has 0 aromatic heterocycles. The molecule has 4 nitrogen and oxygen atoms in total. The van der Waals surface area contributed by atoms with Crippen molar-refractivity contribution in [3.05, 3.63) is 35.6 Å². The molecule has 6 heteroatoms. The molecule has 0 amide bonds. The van der Waals surface area contributed by atoms with E-state index in [4.69, 9.17) is 5.73 Å². The lowest BCUT2D eigenvalue weighted by molar-refractivity contribution is 0.0672. The molecule has 0 spiro atoms. The highest BCUT2D eigenvalue weighted by Gasteiger charge is 2.23. The number of hydrogen-bond donors (Lipinski definition) is 3. The van der Waals surface area contributed by atoms with Crippen molar-refractivity contribution in [1.29, 1.82) is 0 Å². The first-order valence-corrected chi connectivity index (χ1v) is 6.99. The maximum absolute atomic E-state index is 12.9. The van der Waals surface area contributed by atoms with E-state index in [-0.39, 0.29) is 36.3 Å². The molecule has 1 fully saturated rings. The van der Waals surface area contributed by atoms with Crippen molar-refractivity contribution in [3.8, 4) is 0 Å². The SMILES string of the molecule is CC(O)(CN=C(N)NCC1CCC1)c1ccc(F)cc1.I. The van der Waals surface area contributed by atoms with E-state index in [0.29, 0.717) is 17.4 Å². The van der Waals surface area contributed by atoms with Crippen LogP contribution in [0.2, 0.25) is 0 Å². The van der Waals surface area contributed by atoms with Crippen LogP contribution >= 0.6 is 24.0 Å². The molecular weight excluding hydrogens is 384 g/mol. The third kappa shape index (κ3) is 5.43. The highest BCUT2D eigenvalue weighted by Crippen LogP contribution is 2.25. The number of aliphatic imine (C=N–C) groups is 1. The molecule has 1 aromatic carbocycles. The van der Waals surface area contributed by atoms with Gasteiger partial charge in [-0.05, 0) is 43.4 Å². The molecule has 1 saturated carbocycles. The predicted octanol–water partition coefficient (Wildman–Crippen LogP) is 2.36. The molecular formula is C15H23FIN3O. The maximum Gasteiger partial charge on any atom is 0.188 e. The minimum absolute atomic E-state index is 0. The lowest BCUT2D eigenvalue weighted by atomic mass is 9.85. The summed E-state index contributed by atoms with van der Waals surface area (Å²) in [6.07, 6.45) is 3.78. The molecule has 0 aliphatic heterocycles. The van der Waals surface area contributed by atoms with E-state index in [9.17, 15) is 9.50 Å². The molecule has 1 aliphatic rings. The molecule has 0 radical (unpaired) electrons. The molecule has 21 heavy (non-hydrogen) atoms. The van der Waals surface area contributed by atoms with Gasteiger partial charge in [-0.2, -0.15) is 0 Å². The van der Waals surface area contributed by atoms with Crippen LogP contribution < -0.4 is 11.1 Å². The molecule has 2 rings (SSSR count). The average Bonchev–Trinajstić information content (AvgIpc) is 2.35. The van der Waals surface area contributed by atoms with Crippen LogP contribution in [0.3, 0.4) is 0 Å². The van der Waals surface area contributed by atoms with Crippen molar-refractivity contribution in [2.45, 2.75) is 31.8 Å². The van der Waals surface area contributed by atoms with E-state index in [1.807, 2.05) is 0 Å². The topological polar surface area (TPSA) is 70.6 Å². The minimum atomic E-state index is -1.16. The van der Waals surface area contributed by atoms with Crippen molar-refractivity contribution < 1.29 is 9.50 Å². The zero-order valence-electron chi connectivity index (χ0n) is 12.2.